The van der Waals surface area contributed by atoms with Crippen molar-refractivity contribution in [3.63, 3.8) is 0 Å². The molecule has 0 heterocycles. The van der Waals surface area contributed by atoms with Crippen molar-refractivity contribution >= 4 is 5.97 Å². The average molecular weight is 256 g/mol. The monoisotopic (exact) mass is 256 g/mol. The maximum atomic E-state index is 10.2. The van der Waals surface area contributed by atoms with Gasteiger partial charge < -0.3 is 10.2 Å². The van der Waals surface area contributed by atoms with E-state index in [9.17, 15) is 9.90 Å². The summed E-state index contributed by atoms with van der Waals surface area (Å²) in [6.07, 6.45) is 13.5. The first-order valence-electron chi connectivity index (χ1n) is 7.24. The van der Waals surface area contributed by atoms with Gasteiger partial charge in [0.1, 0.15) is 0 Å². The Kier molecular flexibility index (Phi) is 12.0. The summed E-state index contributed by atoms with van der Waals surface area (Å²) in [5.74, 6) is -0.865. The quantitative estimate of drug-likeness (QED) is 0.411. The molecule has 1 unspecified atom stereocenters. The number of hydrogen-bond donors (Lipinski definition) is 2. The van der Waals surface area contributed by atoms with E-state index in [4.69, 9.17) is 5.11 Å². The minimum Gasteiger partial charge on any atom is -0.478 e. The van der Waals surface area contributed by atoms with Crippen LogP contribution >= 0.6 is 0 Å². The first-order valence-corrected chi connectivity index (χ1v) is 7.24. The van der Waals surface area contributed by atoms with Crippen molar-refractivity contribution in [2.75, 3.05) is 0 Å². The molecule has 0 aliphatic carbocycles. The van der Waals surface area contributed by atoms with Gasteiger partial charge in [0, 0.05) is 6.08 Å². The summed E-state index contributed by atoms with van der Waals surface area (Å²) < 4.78 is 0. The predicted octanol–water partition coefficient (Wildman–Crippen LogP) is 3.91. The zero-order valence-electron chi connectivity index (χ0n) is 11.6. The minimum absolute atomic E-state index is 0.108. The second kappa shape index (κ2) is 12.6. The second-order valence-electron chi connectivity index (χ2n) is 4.88. The van der Waals surface area contributed by atoms with Gasteiger partial charge in [0.15, 0.2) is 0 Å². The SMILES string of the molecule is CCCCC(O)CCCCCCCC=CC(=O)O. The van der Waals surface area contributed by atoms with Gasteiger partial charge in [-0.2, -0.15) is 0 Å². The summed E-state index contributed by atoms with van der Waals surface area (Å²) in [4.78, 5) is 10.2. The van der Waals surface area contributed by atoms with Crippen molar-refractivity contribution in [1.82, 2.24) is 0 Å². The fourth-order valence-electron chi connectivity index (χ4n) is 1.94. The third-order valence-electron chi connectivity index (χ3n) is 3.06. The zero-order chi connectivity index (χ0) is 13.6. The van der Waals surface area contributed by atoms with Gasteiger partial charge in [-0.05, 0) is 25.7 Å². The Morgan fingerprint density at radius 2 is 1.67 bits per heavy atom. The molecule has 0 aliphatic heterocycles. The van der Waals surface area contributed by atoms with Crippen LogP contribution in [0.4, 0.5) is 0 Å². The van der Waals surface area contributed by atoms with E-state index < -0.39 is 5.97 Å². The van der Waals surface area contributed by atoms with Crippen molar-refractivity contribution in [2.45, 2.75) is 77.2 Å². The van der Waals surface area contributed by atoms with Crippen LogP contribution < -0.4 is 0 Å². The van der Waals surface area contributed by atoms with Crippen molar-refractivity contribution < 1.29 is 15.0 Å². The highest BCUT2D eigenvalue weighted by Crippen LogP contribution is 2.12. The molecule has 2 N–H and O–H groups in total. The van der Waals surface area contributed by atoms with E-state index in [0.29, 0.717) is 0 Å². The van der Waals surface area contributed by atoms with E-state index in [-0.39, 0.29) is 6.10 Å². The van der Waals surface area contributed by atoms with Gasteiger partial charge in [0.25, 0.3) is 0 Å². The van der Waals surface area contributed by atoms with Crippen LogP contribution in [0, 0.1) is 0 Å². The number of aliphatic hydroxyl groups is 1. The Hall–Kier alpha value is -0.830. The fourth-order valence-corrected chi connectivity index (χ4v) is 1.94. The summed E-state index contributed by atoms with van der Waals surface area (Å²) in [6.45, 7) is 2.14. The third-order valence-corrected chi connectivity index (χ3v) is 3.06. The molecule has 0 aromatic heterocycles. The zero-order valence-corrected chi connectivity index (χ0v) is 11.6. The smallest absolute Gasteiger partial charge is 0.327 e. The maximum absolute atomic E-state index is 10.2. The van der Waals surface area contributed by atoms with Gasteiger partial charge in [0.05, 0.1) is 6.10 Å². The van der Waals surface area contributed by atoms with Gasteiger partial charge >= 0.3 is 5.97 Å². The summed E-state index contributed by atoms with van der Waals surface area (Å²) >= 11 is 0. The molecule has 0 spiro atoms. The first-order chi connectivity index (χ1) is 8.66. The lowest BCUT2D eigenvalue weighted by atomic mass is 10.0. The molecule has 3 heteroatoms. The number of aliphatic hydroxyl groups excluding tert-OH is 1. The van der Waals surface area contributed by atoms with E-state index in [0.717, 1.165) is 51.4 Å². The van der Waals surface area contributed by atoms with E-state index in [1.807, 2.05) is 0 Å². The standard InChI is InChI=1S/C15H28O3/c1-2-3-11-14(16)12-9-7-5-4-6-8-10-13-15(17)18/h10,13-14,16H,2-9,11-12H2,1H3,(H,17,18). The molecule has 0 radical (unpaired) electrons. The summed E-state index contributed by atoms with van der Waals surface area (Å²) in [6, 6.07) is 0. The highest BCUT2D eigenvalue weighted by atomic mass is 16.4. The molecule has 0 bridgehead atoms. The van der Waals surface area contributed by atoms with E-state index in [2.05, 4.69) is 6.92 Å². The van der Waals surface area contributed by atoms with Crippen molar-refractivity contribution in [3.05, 3.63) is 12.2 Å². The van der Waals surface area contributed by atoms with E-state index in [1.165, 1.54) is 18.9 Å². The number of hydrogen-bond acceptors (Lipinski definition) is 2. The van der Waals surface area contributed by atoms with Gasteiger partial charge in [0.2, 0.25) is 0 Å². The van der Waals surface area contributed by atoms with Gasteiger partial charge in [-0.15, -0.1) is 0 Å². The van der Waals surface area contributed by atoms with Crippen molar-refractivity contribution in [3.8, 4) is 0 Å². The highest BCUT2D eigenvalue weighted by Gasteiger charge is 2.02. The largest absolute Gasteiger partial charge is 0.478 e. The van der Waals surface area contributed by atoms with Gasteiger partial charge in [-0.1, -0.05) is 51.5 Å². The van der Waals surface area contributed by atoms with Gasteiger partial charge in [-0.3, -0.25) is 0 Å². The molecule has 0 saturated carbocycles. The lowest BCUT2D eigenvalue weighted by Gasteiger charge is -2.09. The fraction of sp³-hybridized carbons (Fsp3) is 0.800. The lowest BCUT2D eigenvalue weighted by Crippen LogP contribution is -2.05. The lowest BCUT2D eigenvalue weighted by molar-refractivity contribution is -0.131. The second-order valence-corrected chi connectivity index (χ2v) is 4.88. The maximum Gasteiger partial charge on any atom is 0.327 e. The number of carboxylic acid groups (broad SMARTS) is 1. The number of carbonyl (C=O) groups is 1. The van der Waals surface area contributed by atoms with Crippen LogP contribution in [0.15, 0.2) is 12.2 Å². The number of rotatable bonds is 12. The molecular formula is C15H28O3. The normalized spacial score (nSPS) is 13.0. The number of carboxylic acids is 1. The molecule has 18 heavy (non-hydrogen) atoms. The molecule has 0 saturated heterocycles. The van der Waals surface area contributed by atoms with Gasteiger partial charge in [-0.25, -0.2) is 4.79 Å². The Morgan fingerprint density at radius 3 is 2.33 bits per heavy atom. The Morgan fingerprint density at radius 1 is 1.06 bits per heavy atom. The topological polar surface area (TPSA) is 57.5 Å². The molecule has 3 nitrogen and oxygen atoms in total. The van der Waals surface area contributed by atoms with Crippen molar-refractivity contribution in [1.29, 1.82) is 0 Å². The predicted molar refractivity (Wildman–Crippen MR) is 74.6 cm³/mol. The summed E-state index contributed by atoms with van der Waals surface area (Å²) in [7, 11) is 0. The molecule has 1 atom stereocenters. The van der Waals surface area contributed by atoms with E-state index >= 15 is 0 Å². The number of allylic oxidation sites excluding steroid dienone is 1. The van der Waals surface area contributed by atoms with Crippen LogP contribution in [0.1, 0.15) is 71.1 Å². The van der Waals surface area contributed by atoms with Crippen LogP contribution in [0.2, 0.25) is 0 Å². The molecule has 0 aliphatic rings. The summed E-state index contributed by atoms with van der Waals surface area (Å²) in [5, 5.41) is 18.0. The molecule has 0 amide bonds. The van der Waals surface area contributed by atoms with Crippen LogP contribution in [0.25, 0.3) is 0 Å². The Labute approximate surface area is 111 Å². The van der Waals surface area contributed by atoms with Crippen LogP contribution in [0.5, 0.6) is 0 Å². The molecule has 0 fully saturated rings. The molecule has 106 valence electrons. The molecular weight excluding hydrogens is 228 g/mol. The molecule has 0 aromatic rings. The van der Waals surface area contributed by atoms with E-state index in [1.54, 1.807) is 6.08 Å². The Balaban J connectivity index is 3.18. The highest BCUT2D eigenvalue weighted by molar-refractivity contribution is 5.79. The average Bonchev–Trinajstić information content (AvgIpc) is 2.34. The van der Waals surface area contributed by atoms with Crippen LogP contribution in [-0.4, -0.2) is 22.3 Å². The number of aliphatic carboxylic acids is 1. The third kappa shape index (κ3) is 13.2. The van der Waals surface area contributed by atoms with Crippen LogP contribution in [0.3, 0.4) is 0 Å². The van der Waals surface area contributed by atoms with Crippen molar-refractivity contribution in [2.24, 2.45) is 0 Å². The summed E-state index contributed by atoms with van der Waals surface area (Å²) in [5.41, 5.74) is 0. The van der Waals surface area contributed by atoms with Crippen LogP contribution in [-0.2, 0) is 4.79 Å². The first kappa shape index (κ1) is 17.2. The number of unbranched alkanes of at least 4 members (excludes halogenated alkanes) is 6. The Bertz CT molecular complexity index is 224. The molecule has 0 rings (SSSR count). The minimum atomic E-state index is -0.865. The molecule has 0 aromatic carbocycles.